The van der Waals surface area contributed by atoms with Crippen molar-refractivity contribution in [2.24, 2.45) is 5.73 Å². The van der Waals surface area contributed by atoms with Crippen molar-refractivity contribution >= 4 is 11.9 Å². The SMILES string of the molecule is CC(=O)OC(C)(C(N)=O)c1ccccc1. The standard InChI is InChI=1S/C11H13NO3/c1-8(13)15-11(2,10(12)14)9-6-4-3-5-7-9/h3-7H,1-2H3,(H2,12,14). The molecule has 0 aliphatic carbocycles. The number of esters is 1. The van der Waals surface area contributed by atoms with Crippen LogP contribution in [-0.4, -0.2) is 11.9 Å². The van der Waals surface area contributed by atoms with Crippen molar-refractivity contribution in [3.05, 3.63) is 35.9 Å². The van der Waals surface area contributed by atoms with Gasteiger partial charge in [0.15, 0.2) is 0 Å². The Kier molecular flexibility index (Phi) is 3.09. The van der Waals surface area contributed by atoms with Gasteiger partial charge in [-0.05, 0) is 6.92 Å². The summed E-state index contributed by atoms with van der Waals surface area (Å²) in [6.07, 6.45) is 0. The highest BCUT2D eigenvalue weighted by Gasteiger charge is 2.36. The molecule has 0 aliphatic rings. The molecule has 0 aromatic heterocycles. The minimum absolute atomic E-state index is 0.542. The quantitative estimate of drug-likeness (QED) is 0.750. The number of ether oxygens (including phenoxy) is 1. The Balaban J connectivity index is 3.13. The summed E-state index contributed by atoms with van der Waals surface area (Å²) in [6, 6.07) is 8.68. The van der Waals surface area contributed by atoms with Crippen LogP contribution >= 0.6 is 0 Å². The smallest absolute Gasteiger partial charge is 0.304 e. The molecule has 2 N–H and O–H groups in total. The zero-order chi connectivity index (χ0) is 11.5. The van der Waals surface area contributed by atoms with E-state index in [-0.39, 0.29) is 0 Å². The van der Waals surface area contributed by atoms with Gasteiger partial charge in [0.1, 0.15) is 0 Å². The predicted octanol–water partition coefficient (Wildman–Crippen LogP) is 0.950. The van der Waals surface area contributed by atoms with Crippen LogP contribution in [0.2, 0.25) is 0 Å². The fraction of sp³-hybridized carbons (Fsp3) is 0.273. The fourth-order valence-corrected chi connectivity index (χ4v) is 1.30. The molecule has 0 saturated carbocycles. The van der Waals surface area contributed by atoms with Gasteiger partial charge in [0.25, 0.3) is 5.91 Å². The second-order valence-corrected chi connectivity index (χ2v) is 3.36. The van der Waals surface area contributed by atoms with Crippen molar-refractivity contribution in [2.75, 3.05) is 0 Å². The summed E-state index contributed by atoms with van der Waals surface area (Å²) in [7, 11) is 0. The topological polar surface area (TPSA) is 69.4 Å². The third-order valence-corrected chi connectivity index (χ3v) is 2.14. The number of hydrogen-bond acceptors (Lipinski definition) is 3. The number of primary amides is 1. The summed E-state index contributed by atoms with van der Waals surface area (Å²) in [5, 5.41) is 0. The first-order valence-electron chi connectivity index (χ1n) is 4.52. The van der Waals surface area contributed by atoms with Crippen LogP contribution < -0.4 is 5.73 Å². The van der Waals surface area contributed by atoms with Crippen molar-refractivity contribution in [1.82, 2.24) is 0 Å². The molecule has 1 aromatic carbocycles. The minimum atomic E-state index is -1.40. The Labute approximate surface area is 88.0 Å². The number of carbonyl (C=O) groups is 2. The van der Waals surface area contributed by atoms with Crippen LogP contribution in [0.5, 0.6) is 0 Å². The van der Waals surface area contributed by atoms with Crippen LogP contribution in [0.1, 0.15) is 19.4 Å². The molecule has 1 unspecified atom stereocenters. The van der Waals surface area contributed by atoms with Crippen molar-refractivity contribution in [3.8, 4) is 0 Å². The zero-order valence-electron chi connectivity index (χ0n) is 8.69. The molecule has 80 valence electrons. The molecular formula is C11H13NO3. The van der Waals surface area contributed by atoms with E-state index in [0.29, 0.717) is 5.56 Å². The van der Waals surface area contributed by atoms with Gasteiger partial charge in [-0.3, -0.25) is 9.59 Å². The van der Waals surface area contributed by atoms with Crippen molar-refractivity contribution < 1.29 is 14.3 Å². The Morgan fingerprint density at radius 1 is 1.27 bits per heavy atom. The molecule has 0 aliphatic heterocycles. The fourth-order valence-electron chi connectivity index (χ4n) is 1.30. The van der Waals surface area contributed by atoms with Crippen LogP contribution in [0.25, 0.3) is 0 Å². The van der Waals surface area contributed by atoms with Gasteiger partial charge >= 0.3 is 5.97 Å². The number of nitrogens with two attached hydrogens (primary N) is 1. The highest BCUT2D eigenvalue weighted by molar-refractivity contribution is 5.87. The number of hydrogen-bond donors (Lipinski definition) is 1. The van der Waals surface area contributed by atoms with E-state index in [2.05, 4.69) is 0 Å². The summed E-state index contributed by atoms with van der Waals surface area (Å²) in [4.78, 5) is 22.2. The van der Waals surface area contributed by atoms with E-state index in [1.54, 1.807) is 30.3 Å². The number of benzene rings is 1. The average Bonchev–Trinajstić information content (AvgIpc) is 2.17. The van der Waals surface area contributed by atoms with E-state index in [1.807, 2.05) is 0 Å². The molecule has 0 fully saturated rings. The molecule has 1 atom stereocenters. The molecular weight excluding hydrogens is 194 g/mol. The second-order valence-electron chi connectivity index (χ2n) is 3.36. The Morgan fingerprint density at radius 3 is 2.20 bits per heavy atom. The van der Waals surface area contributed by atoms with Gasteiger partial charge in [-0.2, -0.15) is 0 Å². The highest BCUT2D eigenvalue weighted by Crippen LogP contribution is 2.24. The lowest BCUT2D eigenvalue weighted by Gasteiger charge is -2.25. The molecule has 1 amide bonds. The summed E-state index contributed by atoms with van der Waals surface area (Å²) < 4.78 is 4.97. The maximum atomic E-state index is 11.3. The molecule has 0 heterocycles. The zero-order valence-corrected chi connectivity index (χ0v) is 8.69. The molecule has 1 aromatic rings. The lowest BCUT2D eigenvalue weighted by Crippen LogP contribution is -2.42. The molecule has 0 spiro atoms. The first-order chi connectivity index (χ1) is 6.97. The second kappa shape index (κ2) is 4.13. The largest absolute Gasteiger partial charge is 0.444 e. The van der Waals surface area contributed by atoms with Gasteiger partial charge in [-0.1, -0.05) is 30.3 Å². The normalized spacial score (nSPS) is 14.0. The van der Waals surface area contributed by atoms with Crippen LogP contribution in [0.15, 0.2) is 30.3 Å². The van der Waals surface area contributed by atoms with Crippen LogP contribution in [0.4, 0.5) is 0 Å². The molecule has 0 saturated heterocycles. The van der Waals surface area contributed by atoms with Crippen molar-refractivity contribution in [1.29, 1.82) is 0 Å². The summed E-state index contributed by atoms with van der Waals surface area (Å²) in [5.74, 6) is -1.23. The van der Waals surface area contributed by atoms with E-state index in [1.165, 1.54) is 13.8 Å². The molecule has 0 radical (unpaired) electrons. The number of rotatable bonds is 3. The molecule has 4 heteroatoms. The molecule has 1 rings (SSSR count). The van der Waals surface area contributed by atoms with E-state index >= 15 is 0 Å². The van der Waals surface area contributed by atoms with Gasteiger partial charge in [-0.15, -0.1) is 0 Å². The predicted molar refractivity (Wildman–Crippen MR) is 54.8 cm³/mol. The van der Waals surface area contributed by atoms with Gasteiger partial charge in [-0.25, -0.2) is 0 Å². The Morgan fingerprint density at radius 2 is 1.80 bits per heavy atom. The average molecular weight is 207 g/mol. The monoisotopic (exact) mass is 207 g/mol. The first kappa shape index (κ1) is 11.2. The van der Waals surface area contributed by atoms with Crippen LogP contribution in [0, 0.1) is 0 Å². The third kappa shape index (κ3) is 2.34. The van der Waals surface area contributed by atoms with Gasteiger partial charge in [0, 0.05) is 12.5 Å². The lowest BCUT2D eigenvalue weighted by atomic mass is 9.95. The summed E-state index contributed by atoms with van der Waals surface area (Å²) in [5.41, 5.74) is 4.40. The van der Waals surface area contributed by atoms with E-state index in [4.69, 9.17) is 10.5 Å². The summed E-state index contributed by atoms with van der Waals surface area (Å²) >= 11 is 0. The number of carbonyl (C=O) groups excluding carboxylic acids is 2. The summed E-state index contributed by atoms with van der Waals surface area (Å²) in [6.45, 7) is 2.72. The molecule has 0 bridgehead atoms. The lowest BCUT2D eigenvalue weighted by molar-refractivity contribution is -0.164. The van der Waals surface area contributed by atoms with Crippen LogP contribution in [-0.2, 0) is 19.9 Å². The third-order valence-electron chi connectivity index (χ3n) is 2.14. The van der Waals surface area contributed by atoms with Crippen molar-refractivity contribution in [3.63, 3.8) is 0 Å². The minimum Gasteiger partial charge on any atom is -0.444 e. The maximum Gasteiger partial charge on any atom is 0.304 e. The van der Waals surface area contributed by atoms with E-state index in [9.17, 15) is 9.59 Å². The first-order valence-corrected chi connectivity index (χ1v) is 4.52. The van der Waals surface area contributed by atoms with Gasteiger partial charge in [0.2, 0.25) is 5.60 Å². The van der Waals surface area contributed by atoms with Gasteiger partial charge in [0.05, 0.1) is 0 Å². The Hall–Kier alpha value is -1.84. The molecule has 15 heavy (non-hydrogen) atoms. The van der Waals surface area contributed by atoms with E-state index in [0.717, 1.165) is 0 Å². The van der Waals surface area contributed by atoms with Crippen molar-refractivity contribution in [2.45, 2.75) is 19.4 Å². The maximum absolute atomic E-state index is 11.3. The highest BCUT2D eigenvalue weighted by atomic mass is 16.6. The Bertz CT molecular complexity index is 375. The van der Waals surface area contributed by atoms with Gasteiger partial charge < -0.3 is 10.5 Å². The van der Waals surface area contributed by atoms with E-state index < -0.39 is 17.5 Å². The van der Waals surface area contributed by atoms with Crippen LogP contribution in [0.3, 0.4) is 0 Å². The number of amides is 1. The molecule has 4 nitrogen and oxygen atoms in total.